The molecule has 0 bridgehead atoms. The van der Waals surface area contributed by atoms with Crippen molar-refractivity contribution in [2.24, 2.45) is 0 Å². The molecule has 0 N–H and O–H groups in total. The minimum Gasteiger partial charge on any atom is -0.497 e. The van der Waals surface area contributed by atoms with E-state index in [0.29, 0.717) is 10.9 Å². The monoisotopic (exact) mass is 444 g/mol. The van der Waals surface area contributed by atoms with Crippen LogP contribution in [0.5, 0.6) is 5.75 Å². The van der Waals surface area contributed by atoms with Crippen LogP contribution in [-0.4, -0.2) is 22.4 Å². The molecule has 3 aromatic rings. The van der Waals surface area contributed by atoms with Gasteiger partial charge in [0.05, 0.1) is 24.1 Å². The van der Waals surface area contributed by atoms with Crippen LogP contribution < -0.4 is 10.3 Å². The van der Waals surface area contributed by atoms with Crippen LogP contribution in [0, 0.1) is 0 Å². The van der Waals surface area contributed by atoms with Crippen molar-refractivity contribution >= 4 is 11.8 Å². The number of ether oxygens (including phenoxy) is 1. The normalized spacial score (nSPS) is 15.9. The average Bonchev–Trinajstić information content (AvgIpc) is 3.26. The lowest BCUT2D eigenvalue weighted by atomic mass is 9.68. The molecule has 0 aliphatic heterocycles. The Morgan fingerprint density at radius 3 is 2.56 bits per heavy atom. The Hall–Kier alpha value is -2.79. The summed E-state index contributed by atoms with van der Waals surface area (Å²) in [5.74, 6) is 1.49. The molecule has 1 fully saturated rings. The molecule has 1 heterocycles. The van der Waals surface area contributed by atoms with Crippen LogP contribution in [-0.2, 0) is 11.8 Å². The van der Waals surface area contributed by atoms with Gasteiger partial charge in [-0.3, -0.25) is 9.36 Å². The van der Waals surface area contributed by atoms with Gasteiger partial charge in [0.2, 0.25) is 0 Å². The maximum absolute atomic E-state index is 14.3. The zero-order valence-corrected chi connectivity index (χ0v) is 19.5. The molecule has 4 nitrogen and oxygen atoms in total. The second kappa shape index (κ2) is 8.28. The largest absolute Gasteiger partial charge is 0.497 e. The molecule has 0 amide bonds. The van der Waals surface area contributed by atoms with Crippen molar-refractivity contribution in [1.82, 2.24) is 9.55 Å². The quantitative estimate of drug-likeness (QED) is 0.277. The van der Waals surface area contributed by atoms with Crippen molar-refractivity contribution in [1.29, 1.82) is 0 Å². The Balaban J connectivity index is 1.79. The molecule has 2 aromatic carbocycles. The summed E-state index contributed by atoms with van der Waals surface area (Å²) in [5.41, 5.74) is 6.04. The lowest BCUT2D eigenvalue weighted by molar-refractivity contribution is 0.414. The predicted molar refractivity (Wildman–Crippen MR) is 131 cm³/mol. The van der Waals surface area contributed by atoms with E-state index < -0.39 is 0 Å². The summed E-state index contributed by atoms with van der Waals surface area (Å²) in [6, 6.07) is 16.1. The smallest absolute Gasteiger partial charge is 0.263 e. The van der Waals surface area contributed by atoms with Crippen LogP contribution in [0.1, 0.15) is 43.7 Å². The van der Waals surface area contributed by atoms with Gasteiger partial charge in [-0.25, -0.2) is 4.98 Å². The number of nitrogens with zero attached hydrogens (tertiary/aromatic N) is 2. The van der Waals surface area contributed by atoms with Gasteiger partial charge in [0.15, 0.2) is 5.16 Å². The summed E-state index contributed by atoms with van der Waals surface area (Å²) in [6.07, 6.45) is 5.34. The second-order valence-corrected chi connectivity index (χ2v) is 9.97. The minimum absolute atomic E-state index is 0.0702. The zero-order valence-electron chi connectivity index (χ0n) is 18.7. The molecule has 32 heavy (non-hydrogen) atoms. The fourth-order valence-corrected chi connectivity index (χ4v) is 6.10. The van der Waals surface area contributed by atoms with E-state index in [-0.39, 0.29) is 11.0 Å². The Bertz CT molecular complexity index is 1240. The Morgan fingerprint density at radius 2 is 1.88 bits per heavy atom. The van der Waals surface area contributed by atoms with Crippen LogP contribution in [0.25, 0.3) is 16.9 Å². The van der Waals surface area contributed by atoms with E-state index in [4.69, 9.17) is 9.72 Å². The van der Waals surface area contributed by atoms with Crippen molar-refractivity contribution in [2.75, 3.05) is 12.9 Å². The Morgan fingerprint density at radius 1 is 1.16 bits per heavy atom. The van der Waals surface area contributed by atoms with E-state index in [1.807, 2.05) is 37.3 Å². The number of hydrogen-bond donors (Lipinski definition) is 0. The molecule has 5 rings (SSSR count). The third-order valence-electron chi connectivity index (χ3n) is 6.72. The lowest BCUT2D eigenvalue weighted by Gasteiger charge is -2.36. The summed E-state index contributed by atoms with van der Waals surface area (Å²) in [5, 5.41) is 0.715. The molecular weight excluding hydrogens is 416 g/mol. The second-order valence-electron chi connectivity index (χ2n) is 9.02. The molecule has 164 valence electrons. The number of methoxy groups -OCH3 is 1. The van der Waals surface area contributed by atoms with Gasteiger partial charge in [-0.05, 0) is 56.0 Å². The van der Waals surface area contributed by atoms with E-state index in [1.54, 1.807) is 23.4 Å². The predicted octanol–water partition coefficient (Wildman–Crippen LogP) is 5.94. The summed E-state index contributed by atoms with van der Waals surface area (Å²) >= 11 is 1.57. The van der Waals surface area contributed by atoms with Crippen molar-refractivity contribution in [2.45, 2.75) is 49.6 Å². The zero-order chi connectivity index (χ0) is 22.3. The van der Waals surface area contributed by atoms with Gasteiger partial charge in [0.25, 0.3) is 5.56 Å². The molecule has 1 spiro atoms. The molecule has 2 aliphatic rings. The molecule has 2 aliphatic carbocycles. The van der Waals surface area contributed by atoms with E-state index in [9.17, 15) is 4.79 Å². The first kappa shape index (κ1) is 21.1. The molecule has 0 radical (unpaired) electrons. The molecule has 1 saturated carbocycles. The van der Waals surface area contributed by atoms with Crippen LogP contribution in [0.3, 0.4) is 0 Å². The first-order chi connectivity index (χ1) is 15.5. The van der Waals surface area contributed by atoms with Crippen LogP contribution in [0.4, 0.5) is 0 Å². The van der Waals surface area contributed by atoms with Crippen LogP contribution >= 0.6 is 11.8 Å². The number of hydrogen-bond acceptors (Lipinski definition) is 4. The Labute approximate surface area is 193 Å². The number of benzene rings is 2. The lowest BCUT2D eigenvalue weighted by Crippen LogP contribution is -2.40. The van der Waals surface area contributed by atoms with Crippen molar-refractivity contribution < 1.29 is 4.74 Å². The van der Waals surface area contributed by atoms with E-state index in [2.05, 4.69) is 24.8 Å². The highest BCUT2D eigenvalue weighted by molar-refractivity contribution is 7.99. The number of aromatic nitrogens is 2. The fourth-order valence-electron chi connectivity index (χ4n) is 5.25. The fraction of sp³-hybridized carbons (Fsp3) is 0.333. The van der Waals surface area contributed by atoms with Gasteiger partial charge in [0.1, 0.15) is 5.75 Å². The summed E-state index contributed by atoms with van der Waals surface area (Å²) < 4.78 is 7.14. The first-order valence-electron chi connectivity index (χ1n) is 11.2. The molecular formula is C27H28N2O2S. The molecule has 0 saturated heterocycles. The third kappa shape index (κ3) is 3.49. The van der Waals surface area contributed by atoms with E-state index >= 15 is 0 Å². The van der Waals surface area contributed by atoms with Gasteiger partial charge in [0, 0.05) is 16.7 Å². The molecule has 1 aromatic heterocycles. The number of rotatable bonds is 5. The standard InChI is InChI=1S/C27H28N2O2S/c1-18(2)17-32-26-28-24-22-9-5-4-8-19(22)16-27(14-6-7-15-27)23(24)25(30)29(26)20-10-12-21(31-3)13-11-20/h4-5,8-13H,1,6-7,14-17H2,2-3H3. The average molecular weight is 445 g/mol. The summed E-state index contributed by atoms with van der Waals surface area (Å²) in [6.45, 7) is 6.05. The van der Waals surface area contributed by atoms with Crippen LogP contribution in [0.15, 0.2) is 70.6 Å². The number of fused-ring (bicyclic) bond motifs is 4. The van der Waals surface area contributed by atoms with Crippen molar-refractivity contribution in [3.63, 3.8) is 0 Å². The topological polar surface area (TPSA) is 44.1 Å². The van der Waals surface area contributed by atoms with E-state index in [0.717, 1.165) is 65.9 Å². The van der Waals surface area contributed by atoms with Gasteiger partial charge in [-0.1, -0.05) is 61.0 Å². The Kier molecular flexibility index (Phi) is 5.46. The molecule has 0 unspecified atom stereocenters. The SMILES string of the molecule is C=C(C)CSc1nc2c(c(=O)n1-c1ccc(OC)cc1)C1(CCCC1)Cc1ccccc1-2. The van der Waals surface area contributed by atoms with Gasteiger partial charge < -0.3 is 4.74 Å². The van der Waals surface area contributed by atoms with Gasteiger partial charge >= 0.3 is 0 Å². The number of thioether (sulfide) groups is 1. The first-order valence-corrected chi connectivity index (χ1v) is 12.2. The van der Waals surface area contributed by atoms with E-state index in [1.165, 1.54) is 5.56 Å². The maximum atomic E-state index is 14.3. The highest BCUT2D eigenvalue weighted by Gasteiger charge is 2.44. The third-order valence-corrected chi connectivity index (χ3v) is 7.89. The highest BCUT2D eigenvalue weighted by Crippen LogP contribution is 2.50. The van der Waals surface area contributed by atoms with Crippen molar-refractivity contribution in [3.8, 4) is 22.7 Å². The molecule has 0 atom stereocenters. The van der Waals surface area contributed by atoms with Gasteiger partial charge in [-0.2, -0.15) is 0 Å². The molecule has 5 heteroatoms. The van der Waals surface area contributed by atoms with Crippen LogP contribution in [0.2, 0.25) is 0 Å². The van der Waals surface area contributed by atoms with Crippen molar-refractivity contribution in [3.05, 3.63) is 82.2 Å². The van der Waals surface area contributed by atoms with Gasteiger partial charge in [-0.15, -0.1) is 0 Å². The summed E-state index contributed by atoms with van der Waals surface area (Å²) in [7, 11) is 1.65. The maximum Gasteiger partial charge on any atom is 0.263 e. The minimum atomic E-state index is -0.112. The highest BCUT2D eigenvalue weighted by atomic mass is 32.2. The summed E-state index contributed by atoms with van der Waals surface area (Å²) in [4.78, 5) is 19.4.